The van der Waals surface area contributed by atoms with Gasteiger partial charge in [-0.05, 0) is 65.1 Å². The van der Waals surface area contributed by atoms with Gasteiger partial charge in [-0.3, -0.25) is 0 Å². The molecule has 0 aromatic rings. The third-order valence-corrected chi connectivity index (χ3v) is 7.01. The highest BCUT2D eigenvalue weighted by atomic mass is 32.5. The molecule has 29 heavy (non-hydrogen) atoms. The van der Waals surface area contributed by atoms with E-state index in [0.29, 0.717) is 37.6 Å². The van der Waals surface area contributed by atoms with Crippen molar-refractivity contribution in [2.75, 3.05) is 19.8 Å². The lowest BCUT2D eigenvalue weighted by Crippen LogP contribution is -2.26. The predicted octanol–water partition coefficient (Wildman–Crippen LogP) is 8.48. The Hall–Kier alpha value is 0.530. The molecule has 0 spiro atoms. The molecule has 0 amide bonds. The zero-order chi connectivity index (χ0) is 23.1. The SMILES string of the molecule is CC(C)CC(C)(C)COP(=S)(OCC(C)(C)CC(C)C)OCC(C)(C)CC(C)C. The summed E-state index contributed by atoms with van der Waals surface area (Å²) in [5.74, 6) is 1.84. The molecule has 0 rings (SSSR count). The van der Waals surface area contributed by atoms with Crippen LogP contribution in [0.5, 0.6) is 0 Å². The fraction of sp³-hybridized carbons (Fsp3) is 1.00. The molecule has 0 N–H and O–H groups in total. The largest absolute Gasteiger partial charge is 0.327 e. The molecule has 0 aromatic carbocycles. The Morgan fingerprint density at radius 2 is 0.759 bits per heavy atom. The topological polar surface area (TPSA) is 27.7 Å². The Balaban J connectivity index is 5.23. The highest BCUT2D eigenvalue weighted by Gasteiger charge is 2.32. The lowest BCUT2D eigenvalue weighted by atomic mass is 9.85. The quantitative estimate of drug-likeness (QED) is 0.234. The second-order valence-electron chi connectivity index (χ2n) is 12.6. The maximum absolute atomic E-state index is 6.28. The Morgan fingerprint density at radius 3 is 0.931 bits per heavy atom. The van der Waals surface area contributed by atoms with Gasteiger partial charge < -0.3 is 13.6 Å². The summed E-state index contributed by atoms with van der Waals surface area (Å²) < 4.78 is 18.8. The summed E-state index contributed by atoms with van der Waals surface area (Å²) in [6.45, 7) is 25.8. The molecule has 5 heteroatoms. The van der Waals surface area contributed by atoms with E-state index >= 15 is 0 Å². The second kappa shape index (κ2) is 12.0. The lowest BCUT2D eigenvalue weighted by molar-refractivity contribution is 0.0571. The average molecular weight is 451 g/mol. The minimum Gasteiger partial charge on any atom is -0.308 e. The van der Waals surface area contributed by atoms with Crippen LogP contribution in [0.25, 0.3) is 0 Å². The fourth-order valence-electron chi connectivity index (χ4n) is 4.37. The molecular weight excluding hydrogens is 399 g/mol. The van der Waals surface area contributed by atoms with Crippen LogP contribution in [0, 0.1) is 34.0 Å². The molecule has 0 atom stereocenters. The molecule has 3 nitrogen and oxygen atoms in total. The first-order valence-corrected chi connectivity index (χ1v) is 14.0. The van der Waals surface area contributed by atoms with Gasteiger partial charge in [-0.15, -0.1) is 0 Å². The van der Waals surface area contributed by atoms with E-state index in [1.165, 1.54) is 0 Å². The van der Waals surface area contributed by atoms with Gasteiger partial charge in [0.15, 0.2) is 0 Å². The van der Waals surface area contributed by atoms with Gasteiger partial charge in [-0.2, -0.15) is 0 Å². The minimum atomic E-state index is -2.81. The maximum Gasteiger partial charge on any atom is 0.327 e. The van der Waals surface area contributed by atoms with E-state index < -0.39 is 6.72 Å². The van der Waals surface area contributed by atoms with Crippen LogP contribution in [0.1, 0.15) is 102 Å². The van der Waals surface area contributed by atoms with Crippen molar-refractivity contribution >= 4 is 18.5 Å². The molecule has 0 heterocycles. The van der Waals surface area contributed by atoms with Crippen molar-refractivity contribution in [3.8, 4) is 0 Å². The lowest BCUT2D eigenvalue weighted by Gasteiger charge is -2.35. The summed E-state index contributed by atoms with van der Waals surface area (Å²) >= 11 is 5.89. The number of hydrogen-bond acceptors (Lipinski definition) is 4. The van der Waals surface area contributed by atoms with Gasteiger partial charge in [0, 0.05) is 0 Å². The predicted molar refractivity (Wildman–Crippen MR) is 132 cm³/mol. The maximum atomic E-state index is 6.28. The molecule has 0 aliphatic heterocycles. The van der Waals surface area contributed by atoms with E-state index in [9.17, 15) is 0 Å². The van der Waals surface area contributed by atoms with Gasteiger partial charge in [0.2, 0.25) is 0 Å². The van der Waals surface area contributed by atoms with Gasteiger partial charge in [-0.1, -0.05) is 83.1 Å². The summed E-state index contributed by atoms with van der Waals surface area (Å²) in [7, 11) is 0. The molecule has 0 bridgehead atoms. The number of hydrogen-bond donors (Lipinski definition) is 0. The van der Waals surface area contributed by atoms with Crippen molar-refractivity contribution < 1.29 is 13.6 Å². The molecule has 0 aliphatic carbocycles. The van der Waals surface area contributed by atoms with E-state index in [4.69, 9.17) is 25.4 Å². The highest BCUT2D eigenvalue weighted by Crippen LogP contribution is 2.54. The van der Waals surface area contributed by atoms with Crippen molar-refractivity contribution in [2.45, 2.75) is 102 Å². The number of rotatable bonds is 15. The molecule has 0 aromatic heterocycles. The Morgan fingerprint density at radius 1 is 0.552 bits per heavy atom. The summed E-state index contributed by atoms with van der Waals surface area (Å²) in [4.78, 5) is 0. The van der Waals surface area contributed by atoms with E-state index in [-0.39, 0.29) is 16.2 Å². The van der Waals surface area contributed by atoms with Crippen LogP contribution in [0.3, 0.4) is 0 Å². The monoisotopic (exact) mass is 450 g/mol. The van der Waals surface area contributed by atoms with E-state index in [1.807, 2.05) is 0 Å². The molecule has 176 valence electrons. The average Bonchev–Trinajstić information content (AvgIpc) is 2.46. The van der Waals surface area contributed by atoms with Crippen molar-refractivity contribution in [1.29, 1.82) is 0 Å². The Labute approximate surface area is 188 Å². The van der Waals surface area contributed by atoms with Crippen LogP contribution in [-0.4, -0.2) is 19.8 Å². The normalized spacial score (nSPS) is 14.4. The fourth-order valence-corrected chi connectivity index (χ4v) is 6.59. The van der Waals surface area contributed by atoms with E-state index in [2.05, 4.69) is 83.1 Å². The van der Waals surface area contributed by atoms with Crippen LogP contribution in [0.4, 0.5) is 0 Å². The van der Waals surface area contributed by atoms with Gasteiger partial charge >= 0.3 is 6.72 Å². The van der Waals surface area contributed by atoms with Gasteiger partial charge in [-0.25, -0.2) is 0 Å². The van der Waals surface area contributed by atoms with Crippen molar-refractivity contribution in [1.82, 2.24) is 0 Å². The Bertz CT molecular complexity index is 439. The summed E-state index contributed by atoms with van der Waals surface area (Å²) in [5.41, 5.74) is 0.142. The van der Waals surface area contributed by atoms with Crippen molar-refractivity contribution in [3.05, 3.63) is 0 Å². The molecule has 0 fully saturated rings. The van der Waals surface area contributed by atoms with Gasteiger partial charge in [0.25, 0.3) is 0 Å². The Kier molecular flexibility index (Phi) is 12.2. The standard InChI is InChI=1S/C24H51O3PS/c1-19(2)13-22(7,8)16-25-28(29,26-17-23(9,10)14-20(3)4)27-18-24(11,12)15-21(5)6/h19-21H,13-18H2,1-12H3. The third-order valence-electron chi connectivity index (χ3n) is 4.72. The van der Waals surface area contributed by atoms with Crippen LogP contribution < -0.4 is 0 Å². The van der Waals surface area contributed by atoms with E-state index in [1.54, 1.807) is 0 Å². The van der Waals surface area contributed by atoms with Crippen LogP contribution >= 0.6 is 6.72 Å². The van der Waals surface area contributed by atoms with Crippen molar-refractivity contribution in [2.24, 2.45) is 34.0 Å². The van der Waals surface area contributed by atoms with E-state index in [0.717, 1.165) is 19.3 Å². The van der Waals surface area contributed by atoms with Crippen LogP contribution in [0.15, 0.2) is 0 Å². The smallest absolute Gasteiger partial charge is 0.308 e. The van der Waals surface area contributed by atoms with Gasteiger partial charge in [0.05, 0.1) is 19.8 Å². The van der Waals surface area contributed by atoms with Crippen LogP contribution in [0.2, 0.25) is 0 Å². The molecule has 0 saturated carbocycles. The summed E-state index contributed by atoms with van der Waals surface area (Å²) in [6, 6.07) is 0. The summed E-state index contributed by atoms with van der Waals surface area (Å²) in [5, 5.41) is 0. The van der Waals surface area contributed by atoms with Gasteiger partial charge in [0.1, 0.15) is 0 Å². The third kappa shape index (κ3) is 15.0. The molecule has 0 radical (unpaired) electrons. The first-order valence-electron chi connectivity index (χ1n) is 11.4. The second-order valence-corrected chi connectivity index (χ2v) is 15.6. The van der Waals surface area contributed by atoms with Crippen molar-refractivity contribution in [3.63, 3.8) is 0 Å². The zero-order valence-corrected chi connectivity index (χ0v) is 23.3. The minimum absolute atomic E-state index is 0.0475. The molecule has 0 saturated heterocycles. The first-order chi connectivity index (χ1) is 12.9. The molecular formula is C24H51O3PS. The molecule has 0 unspecified atom stereocenters. The molecule has 0 aliphatic rings. The highest BCUT2D eigenvalue weighted by molar-refractivity contribution is 8.07. The first kappa shape index (κ1) is 29.5. The van der Waals surface area contributed by atoms with Crippen LogP contribution in [-0.2, 0) is 25.4 Å². The zero-order valence-electron chi connectivity index (χ0n) is 21.6. The summed E-state index contributed by atoms with van der Waals surface area (Å²) in [6.07, 6.45) is 3.25.